The van der Waals surface area contributed by atoms with Gasteiger partial charge in [-0.1, -0.05) is 52.0 Å². The Bertz CT molecular complexity index is 954. The molecule has 1 heterocycles. The van der Waals surface area contributed by atoms with Crippen LogP contribution >= 0.6 is 0 Å². The van der Waals surface area contributed by atoms with Gasteiger partial charge in [0.15, 0.2) is 0 Å². The third-order valence-corrected chi connectivity index (χ3v) is 6.81. The van der Waals surface area contributed by atoms with Gasteiger partial charge < -0.3 is 9.47 Å². The Morgan fingerprint density at radius 1 is 0.929 bits per heavy atom. The lowest BCUT2D eigenvalue weighted by Crippen LogP contribution is -2.35. The van der Waals surface area contributed by atoms with E-state index in [1.807, 2.05) is 12.1 Å². The lowest BCUT2D eigenvalue weighted by molar-refractivity contribution is 0.0599. The fourth-order valence-electron chi connectivity index (χ4n) is 4.76. The summed E-state index contributed by atoms with van der Waals surface area (Å²) in [6.07, 6.45) is 3.20. The van der Waals surface area contributed by atoms with Gasteiger partial charge in [0.25, 0.3) is 0 Å². The maximum atomic E-state index is 11.9. The van der Waals surface area contributed by atoms with Crippen LogP contribution in [0.4, 0.5) is 0 Å². The van der Waals surface area contributed by atoms with E-state index < -0.39 is 5.60 Å². The van der Waals surface area contributed by atoms with Gasteiger partial charge in [-0.05, 0) is 65.0 Å². The summed E-state index contributed by atoms with van der Waals surface area (Å²) < 4.78 is 11.3. The molecule has 4 rings (SSSR count). The van der Waals surface area contributed by atoms with Gasteiger partial charge in [0, 0.05) is 6.42 Å². The molecule has 0 amide bonds. The molecule has 148 valence electrons. The molecule has 0 fully saturated rings. The van der Waals surface area contributed by atoms with E-state index in [4.69, 9.17) is 9.47 Å². The Morgan fingerprint density at radius 3 is 2.29 bits per heavy atom. The fraction of sp³-hybridized carbons (Fsp3) is 0.480. The standard InChI is InChI=1S/C25H30O3/c1-23(2)11-12-24(3,4)20-14-18(9-10-19(20)23)25(5)15-17-8-7-16(22(26)27-6)13-21(17)28-25/h7-10,13-14H,11-12,15H2,1-6H3. The first-order chi connectivity index (χ1) is 13.1. The average Bonchev–Trinajstić information content (AvgIpc) is 3.01. The average molecular weight is 379 g/mol. The van der Waals surface area contributed by atoms with Crippen molar-refractivity contribution in [2.45, 2.75) is 70.3 Å². The molecule has 1 atom stereocenters. The normalized spacial score (nSPS) is 24.1. The van der Waals surface area contributed by atoms with E-state index in [1.54, 1.807) is 6.07 Å². The van der Waals surface area contributed by atoms with Gasteiger partial charge in [0.05, 0.1) is 12.7 Å². The second-order valence-corrected chi connectivity index (χ2v) is 9.85. The van der Waals surface area contributed by atoms with Crippen molar-refractivity contribution in [1.29, 1.82) is 0 Å². The van der Waals surface area contributed by atoms with Crippen LogP contribution in [-0.4, -0.2) is 13.1 Å². The van der Waals surface area contributed by atoms with Crippen LogP contribution in [0.15, 0.2) is 36.4 Å². The van der Waals surface area contributed by atoms with Gasteiger partial charge in [-0.3, -0.25) is 0 Å². The largest absolute Gasteiger partial charge is 0.482 e. The second kappa shape index (κ2) is 6.10. The number of ether oxygens (including phenoxy) is 2. The van der Waals surface area contributed by atoms with E-state index in [2.05, 4.69) is 52.8 Å². The van der Waals surface area contributed by atoms with Crippen molar-refractivity contribution in [2.24, 2.45) is 0 Å². The first kappa shape index (κ1) is 19.0. The molecule has 0 aromatic heterocycles. The Kier molecular flexibility index (Phi) is 4.15. The van der Waals surface area contributed by atoms with Crippen LogP contribution in [0.25, 0.3) is 0 Å². The number of rotatable bonds is 2. The topological polar surface area (TPSA) is 35.5 Å². The van der Waals surface area contributed by atoms with E-state index in [0.29, 0.717) is 5.56 Å². The van der Waals surface area contributed by atoms with Crippen molar-refractivity contribution in [3.05, 3.63) is 64.2 Å². The summed E-state index contributed by atoms with van der Waals surface area (Å²) in [5.41, 5.74) is 5.71. The summed E-state index contributed by atoms with van der Waals surface area (Å²) >= 11 is 0. The van der Waals surface area contributed by atoms with Crippen LogP contribution in [0, 0.1) is 0 Å². The first-order valence-corrected chi connectivity index (χ1v) is 10.1. The summed E-state index contributed by atoms with van der Waals surface area (Å²) in [4.78, 5) is 11.9. The predicted molar refractivity (Wildman–Crippen MR) is 111 cm³/mol. The maximum absolute atomic E-state index is 11.9. The molecular formula is C25H30O3. The zero-order chi connectivity index (χ0) is 20.3. The SMILES string of the molecule is COC(=O)c1ccc2c(c1)OC(C)(c1ccc3c(c1)C(C)(C)CCC3(C)C)C2. The predicted octanol–water partition coefficient (Wildman–Crippen LogP) is 5.67. The molecule has 28 heavy (non-hydrogen) atoms. The molecule has 3 nitrogen and oxygen atoms in total. The van der Waals surface area contributed by atoms with E-state index >= 15 is 0 Å². The smallest absolute Gasteiger partial charge is 0.337 e. The number of hydrogen-bond donors (Lipinski definition) is 0. The van der Waals surface area contributed by atoms with Gasteiger partial charge in [-0.2, -0.15) is 0 Å². The van der Waals surface area contributed by atoms with Gasteiger partial charge in [0.1, 0.15) is 11.4 Å². The minimum Gasteiger partial charge on any atom is -0.482 e. The Labute approximate surface area is 168 Å². The van der Waals surface area contributed by atoms with Gasteiger partial charge in [-0.25, -0.2) is 4.79 Å². The Morgan fingerprint density at radius 2 is 1.61 bits per heavy atom. The number of esters is 1. The summed E-state index contributed by atoms with van der Waals surface area (Å²) in [5, 5.41) is 0. The molecule has 0 saturated carbocycles. The molecule has 3 heteroatoms. The van der Waals surface area contributed by atoms with Crippen LogP contribution in [0.2, 0.25) is 0 Å². The van der Waals surface area contributed by atoms with Crippen LogP contribution in [-0.2, 0) is 27.6 Å². The van der Waals surface area contributed by atoms with Crippen molar-refractivity contribution in [1.82, 2.24) is 0 Å². The number of hydrogen-bond acceptors (Lipinski definition) is 3. The van der Waals surface area contributed by atoms with Crippen molar-refractivity contribution in [2.75, 3.05) is 7.11 Å². The number of fused-ring (bicyclic) bond motifs is 2. The van der Waals surface area contributed by atoms with E-state index in [9.17, 15) is 4.79 Å². The second-order valence-electron chi connectivity index (χ2n) is 9.85. The monoisotopic (exact) mass is 378 g/mol. The van der Waals surface area contributed by atoms with Crippen LogP contribution in [0.3, 0.4) is 0 Å². The minimum absolute atomic E-state index is 0.167. The number of carbonyl (C=O) groups is 1. The molecule has 1 aliphatic carbocycles. The molecule has 0 N–H and O–H groups in total. The molecule has 0 bridgehead atoms. The lowest BCUT2D eigenvalue weighted by atomic mass is 9.62. The van der Waals surface area contributed by atoms with E-state index in [-0.39, 0.29) is 16.8 Å². The summed E-state index contributed by atoms with van der Waals surface area (Å²) in [5.74, 6) is 0.445. The highest BCUT2D eigenvalue weighted by Gasteiger charge is 2.41. The highest BCUT2D eigenvalue weighted by molar-refractivity contribution is 5.90. The number of benzene rings is 2. The van der Waals surface area contributed by atoms with Gasteiger partial charge in [0.2, 0.25) is 0 Å². The van der Waals surface area contributed by atoms with Crippen molar-refractivity contribution in [3.63, 3.8) is 0 Å². The summed E-state index contributed by atoms with van der Waals surface area (Å²) in [7, 11) is 1.40. The van der Waals surface area contributed by atoms with E-state index in [1.165, 1.54) is 36.6 Å². The lowest BCUT2D eigenvalue weighted by Gasteiger charge is -2.42. The number of methoxy groups -OCH3 is 1. The molecule has 0 radical (unpaired) electrons. The highest BCUT2D eigenvalue weighted by Crippen LogP contribution is 2.48. The molecular weight excluding hydrogens is 348 g/mol. The Balaban J connectivity index is 1.73. The van der Waals surface area contributed by atoms with Gasteiger partial charge in [-0.15, -0.1) is 0 Å². The zero-order valence-corrected chi connectivity index (χ0v) is 17.8. The van der Waals surface area contributed by atoms with Crippen LogP contribution in [0.5, 0.6) is 5.75 Å². The van der Waals surface area contributed by atoms with Crippen molar-refractivity contribution in [3.8, 4) is 5.75 Å². The third kappa shape index (κ3) is 2.92. The van der Waals surface area contributed by atoms with Crippen LogP contribution < -0.4 is 4.74 Å². The molecule has 2 aromatic carbocycles. The quantitative estimate of drug-likeness (QED) is 0.631. The maximum Gasteiger partial charge on any atom is 0.337 e. The molecule has 2 aliphatic rings. The number of carbonyl (C=O) groups excluding carboxylic acids is 1. The molecule has 1 unspecified atom stereocenters. The molecule has 0 spiro atoms. The van der Waals surface area contributed by atoms with Crippen molar-refractivity contribution >= 4 is 5.97 Å². The summed E-state index contributed by atoms with van der Waals surface area (Å²) in [6.45, 7) is 11.5. The van der Waals surface area contributed by atoms with E-state index in [0.717, 1.165) is 17.7 Å². The molecule has 0 saturated heterocycles. The minimum atomic E-state index is -0.427. The fourth-order valence-corrected chi connectivity index (χ4v) is 4.76. The van der Waals surface area contributed by atoms with Gasteiger partial charge >= 0.3 is 5.97 Å². The third-order valence-electron chi connectivity index (χ3n) is 6.81. The van der Waals surface area contributed by atoms with Crippen LogP contribution in [0.1, 0.15) is 80.1 Å². The highest BCUT2D eigenvalue weighted by atomic mass is 16.5. The molecule has 2 aromatic rings. The zero-order valence-electron chi connectivity index (χ0n) is 17.8. The molecule has 1 aliphatic heterocycles. The summed E-state index contributed by atoms with van der Waals surface area (Å²) in [6, 6.07) is 12.5. The van der Waals surface area contributed by atoms with Crippen molar-refractivity contribution < 1.29 is 14.3 Å². The Hall–Kier alpha value is -2.29. The first-order valence-electron chi connectivity index (χ1n) is 10.1.